The van der Waals surface area contributed by atoms with Crippen LogP contribution in [-0.4, -0.2) is 42.1 Å². The van der Waals surface area contributed by atoms with Crippen molar-refractivity contribution in [3.8, 4) is 0 Å². The standard InChI is InChI=1S/C16H11I3N2O8S/c17-8-5-11(14(19)12(18)6-8)15(22)20-9-1-2-10(13(7-9)21(24)25)16(23)29-3-4-30(26,27)28/h1-2,5-7H,3-4H2,(H,20,22)(H,26,27,28). The third kappa shape index (κ3) is 6.95. The van der Waals surface area contributed by atoms with Gasteiger partial charge in [0.25, 0.3) is 21.7 Å². The molecular weight excluding hydrogens is 761 g/mol. The summed E-state index contributed by atoms with van der Waals surface area (Å²) in [7, 11) is -4.35. The molecule has 160 valence electrons. The summed E-state index contributed by atoms with van der Waals surface area (Å²) in [5.74, 6) is -2.45. The first-order valence-corrected chi connectivity index (χ1v) is 12.6. The van der Waals surface area contributed by atoms with Crippen LogP contribution in [-0.2, 0) is 14.9 Å². The van der Waals surface area contributed by atoms with E-state index in [9.17, 15) is 28.1 Å². The van der Waals surface area contributed by atoms with E-state index in [0.717, 1.165) is 22.8 Å². The number of nitrogens with zero attached hydrogens (tertiary/aromatic N) is 1. The van der Waals surface area contributed by atoms with E-state index in [-0.39, 0.29) is 5.69 Å². The Kier molecular flexibility index (Phi) is 8.77. The van der Waals surface area contributed by atoms with Crippen molar-refractivity contribution in [1.29, 1.82) is 0 Å². The SMILES string of the molecule is O=C(OCCS(=O)(=O)O)c1ccc(NC(=O)c2cc(I)cc(I)c2I)cc1[N+](=O)[O-]. The van der Waals surface area contributed by atoms with Crippen LogP contribution in [0.15, 0.2) is 30.3 Å². The predicted molar refractivity (Wildman–Crippen MR) is 132 cm³/mol. The van der Waals surface area contributed by atoms with Gasteiger partial charge in [-0.15, -0.1) is 0 Å². The molecule has 0 aliphatic heterocycles. The van der Waals surface area contributed by atoms with Crippen molar-refractivity contribution in [2.75, 3.05) is 17.7 Å². The molecule has 0 unspecified atom stereocenters. The number of benzene rings is 2. The number of nitro groups is 1. The second-order valence-electron chi connectivity index (χ2n) is 5.61. The lowest BCUT2D eigenvalue weighted by molar-refractivity contribution is -0.385. The minimum atomic E-state index is -4.35. The number of hydrogen-bond donors (Lipinski definition) is 2. The number of rotatable bonds is 7. The molecule has 0 fully saturated rings. The van der Waals surface area contributed by atoms with Crippen molar-refractivity contribution < 1.29 is 32.2 Å². The molecular formula is C16H11I3N2O8S. The number of ether oxygens (including phenoxy) is 1. The molecule has 1 amide bonds. The lowest BCUT2D eigenvalue weighted by atomic mass is 10.1. The van der Waals surface area contributed by atoms with Gasteiger partial charge in [-0.25, -0.2) is 4.79 Å². The van der Waals surface area contributed by atoms with E-state index in [0.29, 0.717) is 5.56 Å². The highest BCUT2D eigenvalue weighted by atomic mass is 127. The summed E-state index contributed by atoms with van der Waals surface area (Å²) in [4.78, 5) is 35.2. The minimum Gasteiger partial charge on any atom is -0.461 e. The van der Waals surface area contributed by atoms with Crippen molar-refractivity contribution >= 4 is 101 Å². The topological polar surface area (TPSA) is 153 Å². The third-order valence-corrected chi connectivity index (χ3v) is 7.83. The van der Waals surface area contributed by atoms with Gasteiger partial charge in [0.1, 0.15) is 17.9 Å². The maximum absolute atomic E-state index is 12.6. The summed E-state index contributed by atoms with van der Waals surface area (Å²) >= 11 is 6.19. The molecule has 2 rings (SSSR count). The maximum Gasteiger partial charge on any atom is 0.345 e. The van der Waals surface area contributed by atoms with E-state index in [1.807, 2.05) is 28.7 Å². The molecule has 0 aliphatic rings. The molecule has 30 heavy (non-hydrogen) atoms. The minimum absolute atomic E-state index is 0.0888. The molecule has 0 bridgehead atoms. The molecule has 0 atom stereocenters. The fraction of sp³-hybridized carbons (Fsp3) is 0.125. The Morgan fingerprint density at radius 2 is 1.80 bits per heavy atom. The quantitative estimate of drug-likeness (QED) is 0.108. The number of nitro benzene ring substituents is 1. The van der Waals surface area contributed by atoms with Crippen molar-refractivity contribution in [2.45, 2.75) is 0 Å². The first-order chi connectivity index (χ1) is 13.9. The Bertz CT molecular complexity index is 1140. The molecule has 2 aromatic carbocycles. The van der Waals surface area contributed by atoms with E-state index >= 15 is 0 Å². The highest BCUT2D eigenvalue weighted by Gasteiger charge is 2.23. The van der Waals surface area contributed by atoms with E-state index in [4.69, 9.17) is 4.55 Å². The number of carbonyl (C=O) groups excluding carboxylic acids is 2. The Labute approximate surface area is 211 Å². The van der Waals surface area contributed by atoms with Gasteiger partial charge in [0.05, 0.1) is 10.5 Å². The highest BCUT2D eigenvalue weighted by molar-refractivity contribution is 14.1. The summed E-state index contributed by atoms with van der Waals surface area (Å²) in [5.41, 5.74) is -0.572. The largest absolute Gasteiger partial charge is 0.461 e. The Balaban J connectivity index is 2.26. The molecule has 0 saturated heterocycles. The lowest BCUT2D eigenvalue weighted by Crippen LogP contribution is -2.17. The monoisotopic (exact) mass is 772 g/mol. The summed E-state index contributed by atoms with van der Waals surface area (Å²) in [6, 6.07) is 6.95. The number of amides is 1. The van der Waals surface area contributed by atoms with Crippen LogP contribution in [0.2, 0.25) is 0 Å². The predicted octanol–water partition coefficient (Wildman–Crippen LogP) is 3.71. The van der Waals surface area contributed by atoms with Gasteiger partial charge in [0.15, 0.2) is 0 Å². The average molecular weight is 772 g/mol. The Morgan fingerprint density at radius 1 is 1.13 bits per heavy atom. The number of carbonyl (C=O) groups is 2. The van der Waals surface area contributed by atoms with Crippen molar-refractivity contribution in [3.05, 3.63) is 62.3 Å². The van der Waals surface area contributed by atoms with Crippen LogP contribution in [0.4, 0.5) is 11.4 Å². The van der Waals surface area contributed by atoms with Crippen LogP contribution >= 0.6 is 67.8 Å². The number of anilines is 1. The van der Waals surface area contributed by atoms with Crippen molar-refractivity contribution in [3.63, 3.8) is 0 Å². The molecule has 0 spiro atoms. The molecule has 0 saturated carbocycles. The van der Waals surface area contributed by atoms with Crippen molar-refractivity contribution in [2.24, 2.45) is 0 Å². The zero-order valence-corrected chi connectivity index (χ0v) is 21.9. The van der Waals surface area contributed by atoms with Gasteiger partial charge in [-0.05, 0) is 92.0 Å². The van der Waals surface area contributed by atoms with Gasteiger partial charge in [0.2, 0.25) is 0 Å². The maximum atomic E-state index is 12.6. The van der Waals surface area contributed by atoms with Gasteiger partial charge in [0, 0.05) is 22.5 Å². The molecule has 2 N–H and O–H groups in total. The van der Waals surface area contributed by atoms with Crippen molar-refractivity contribution in [1.82, 2.24) is 0 Å². The van der Waals surface area contributed by atoms with Gasteiger partial charge in [-0.1, -0.05) is 0 Å². The Hall–Kier alpha value is -1.12. The fourth-order valence-corrected chi connectivity index (χ4v) is 4.87. The van der Waals surface area contributed by atoms with E-state index in [2.05, 4.69) is 55.2 Å². The molecule has 0 radical (unpaired) electrons. The van der Waals surface area contributed by atoms with E-state index in [1.165, 1.54) is 6.07 Å². The second kappa shape index (κ2) is 10.5. The van der Waals surface area contributed by atoms with Crippen LogP contribution in [0.5, 0.6) is 0 Å². The van der Waals surface area contributed by atoms with Gasteiger partial charge >= 0.3 is 5.97 Å². The second-order valence-corrected chi connectivity index (χ2v) is 10.7. The summed E-state index contributed by atoms with van der Waals surface area (Å²) < 4.78 is 37.1. The first-order valence-electron chi connectivity index (χ1n) is 7.75. The molecule has 0 aromatic heterocycles. The fourth-order valence-electron chi connectivity index (χ4n) is 2.17. The molecule has 10 nitrogen and oxygen atoms in total. The van der Waals surface area contributed by atoms with Gasteiger partial charge < -0.3 is 10.1 Å². The first kappa shape index (κ1) is 25.1. The van der Waals surface area contributed by atoms with Crippen LogP contribution in [0.25, 0.3) is 0 Å². The normalized spacial score (nSPS) is 11.1. The molecule has 0 heterocycles. The van der Waals surface area contributed by atoms with Crippen LogP contribution in [0.1, 0.15) is 20.7 Å². The van der Waals surface area contributed by atoms with E-state index in [1.54, 1.807) is 6.07 Å². The highest BCUT2D eigenvalue weighted by Crippen LogP contribution is 2.27. The number of halogens is 3. The molecule has 0 aliphatic carbocycles. The Morgan fingerprint density at radius 3 is 2.40 bits per heavy atom. The molecule has 14 heteroatoms. The average Bonchev–Trinajstić information content (AvgIpc) is 2.63. The zero-order chi connectivity index (χ0) is 22.6. The lowest BCUT2D eigenvalue weighted by Gasteiger charge is -2.10. The number of nitrogens with one attached hydrogen (secondary N) is 1. The molecule has 2 aromatic rings. The number of hydrogen-bond acceptors (Lipinski definition) is 7. The zero-order valence-electron chi connectivity index (χ0n) is 14.6. The van der Waals surface area contributed by atoms with Crippen LogP contribution in [0, 0.1) is 20.8 Å². The summed E-state index contributed by atoms with van der Waals surface area (Å²) in [5, 5.41) is 13.9. The summed E-state index contributed by atoms with van der Waals surface area (Å²) in [6.07, 6.45) is 0. The third-order valence-electron chi connectivity index (χ3n) is 3.48. The number of esters is 1. The smallest absolute Gasteiger partial charge is 0.345 e. The van der Waals surface area contributed by atoms with Gasteiger partial charge in [-0.3, -0.25) is 19.5 Å². The summed E-state index contributed by atoms with van der Waals surface area (Å²) in [6.45, 7) is -0.670. The van der Waals surface area contributed by atoms with Gasteiger partial charge in [-0.2, -0.15) is 8.42 Å². The van der Waals surface area contributed by atoms with Crippen LogP contribution < -0.4 is 5.32 Å². The van der Waals surface area contributed by atoms with E-state index < -0.39 is 50.5 Å². The van der Waals surface area contributed by atoms with Crippen LogP contribution in [0.3, 0.4) is 0 Å².